The van der Waals surface area contributed by atoms with Gasteiger partial charge in [-0.05, 0) is 62.8 Å². The number of aromatic nitrogens is 2. The van der Waals surface area contributed by atoms with Gasteiger partial charge >= 0.3 is 0 Å². The number of amides is 1. The van der Waals surface area contributed by atoms with Crippen LogP contribution in [0.5, 0.6) is 0 Å². The number of hydrazone groups is 1. The molecule has 142 valence electrons. The van der Waals surface area contributed by atoms with Crippen LogP contribution in [0.1, 0.15) is 59.9 Å². The molecule has 1 aliphatic rings. The third-order valence-electron chi connectivity index (χ3n) is 4.74. The average molecular weight is 383 g/mol. The first-order valence-corrected chi connectivity index (χ1v) is 10.4. The summed E-state index contributed by atoms with van der Waals surface area (Å²) in [5.74, 6) is 1.08. The van der Waals surface area contributed by atoms with Gasteiger partial charge in [0.25, 0.3) is 5.91 Å². The maximum absolute atomic E-state index is 12.3. The molecule has 1 aromatic carbocycles. The zero-order chi connectivity index (χ0) is 19.2. The molecule has 5 nitrogen and oxygen atoms in total. The van der Waals surface area contributed by atoms with Crippen LogP contribution in [0.25, 0.3) is 0 Å². The Labute approximate surface area is 165 Å². The van der Waals surface area contributed by atoms with E-state index in [4.69, 9.17) is 0 Å². The van der Waals surface area contributed by atoms with E-state index >= 15 is 0 Å². The highest BCUT2D eigenvalue weighted by Gasteiger charge is 2.16. The number of hydrogen-bond donors (Lipinski definition) is 1. The summed E-state index contributed by atoms with van der Waals surface area (Å²) in [6.07, 6.45) is 4.56. The summed E-state index contributed by atoms with van der Waals surface area (Å²) in [5.41, 5.74) is 7.53. The number of carbonyl (C=O) groups excluding carboxylic acids is 1. The predicted octanol–water partition coefficient (Wildman–Crippen LogP) is 4.68. The fourth-order valence-corrected chi connectivity index (χ4v) is 4.09. The van der Waals surface area contributed by atoms with Crippen molar-refractivity contribution in [1.29, 1.82) is 0 Å². The van der Waals surface area contributed by atoms with E-state index < -0.39 is 0 Å². The Morgan fingerprint density at radius 2 is 1.89 bits per heavy atom. The third kappa shape index (κ3) is 5.63. The molecule has 27 heavy (non-hydrogen) atoms. The van der Waals surface area contributed by atoms with E-state index in [1.807, 2.05) is 44.2 Å². The summed E-state index contributed by atoms with van der Waals surface area (Å²) in [7, 11) is 0. The smallest absolute Gasteiger partial charge is 0.267 e. The van der Waals surface area contributed by atoms with Crippen LogP contribution in [0.15, 0.2) is 40.6 Å². The number of carbonyl (C=O) groups is 1. The van der Waals surface area contributed by atoms with Gasteiger partial charge < -0.3 is 0 Å². The van der Waals surface area contributed by atoms with E-state index in [2.05, 4.69) is 27.4 Å². The van der Waals surface area contributed by atoms with Crippen LogP contribution in [0.4, 0.5) is 0 Å². The van der Waals surface area contributed by atoms with Gasteiger partial charge in [0.2, 0.25) is 0 Å². The van der Waals surface area contributed by atoms with Crippen LogP contribution in [0.2, 0.25) is 0 Å². The first kappa shape index (κ1) is 19.5. The fraction of sp³-hybridized carbons (Fsp3) is 0.429. The monoisotopic (exact) mass is 382 g/mol. The third-order valence-corrected chi connectivity index (χ3v) is 5.65. The van der Waals surface area contributed by atoms with Gasteiger partial charge in [0, 0.05) is 28.4 Å². The number of benzene rings is 1. The highest BCUT2D eigenvalue weighted by Crippen LogP contribution is 2.21. The van der Waals surface area contributed by atoms with Gasteiger partial charge in [0.05, 0.1) is 0 Å². The lowest BCUT2D eigenvalue weighted by molar-refractivity contribution is 0.0954. The van der Waals surface area contributed by atoms with E-state index in [0.29, 0.717) is 11.5 Å². The minimum Gasteiger partial charge on any atom is -0.267 e. The maximum atomic E-state index is 12.3. The molecule has 0 unspecified atom stereocenters. The molecule has 0 aliphatic heterocycles. The van der Waals surface area contributed by atoms with Crippen LogP contribution in [-0.4, -0.2) is 21.6 Å². The molecule has 2 aromatic rings. The van der Waals surface area contributed by atoms with Crippen molar-refractivity contribution in [2.45, 2.75) is 57.4 Å². The van der Waals surface area contributed by atoms with Gasteiger partial charge in [0.1, 0.15) is 0 Å². The van der Waals surface area contributed by atoms with Crippen molar-refractivity contribution in [3.8, 4) is 0 Å². The lowest BCUT2D eigenvalue weighted by Crippen LogP contribution is -2.24. The summed E-state index contributed by atoms with van der Waals surface area (Å²) in [6, 6.07) is 9.60. The van der Waals surface area contributed by atoms with Crippen molar-refractivity contribution < 1.29 is 4.79 Å². The molecule has 0 bridgehead atoms. The van der Waals surface area contributed by atoms with Gasteiger partial charge in [-0.25, -0.2) is 15.4 Å². The Hall–Kier alpha value is -2.21. The number of nitrogens with zero attached hydrogens (tertiary/aromatic N) is 3. The van der Waals surface area contributed by atoms with Crippen molar-refractivity contribution in [3.05, 3.63) is 52.8 Å². The molecule has 1 fully saturated rings. The Bertz CT molecular complexity index is 812. The van der Waals surface area contributed by atoms with Crippen LogP contribution >= 0.6 is 11.8 Å². The molecule has 1 heterocycles. The van der Waals surface area contributed by atoms with E-state index in [1.165, 1.54) is 6.42 Å². The average Bonchev–Trinajstić information content (AvgIpc) is 2.65. The van der Waals surface area contributed by atoms with Crippen molar-refractivity contribution in [3.63, 3.8) is 0 Å². The van der Waals surface area contributed by atoms with Crippen LogP contribution in [0.3, 0.4) is 0 Å². The van der Waals surface area contributed by atoms with E-state index in [9.17, 15) is 4.79 Å². The molecule has 0 saturated heterocycles. The highest BCUT2D eigenvalue weighted by molar-refractivity contribution is 7.98. The Kier molecular flexibility index (Phi) is 6.61. The summed E-state index contributed by atoms with van der Waals surface area (Å²) in [4.78, 5) is 21.2. The van der Waals surface area contributed by atoms with Crippen molar-refractivity contribution in [2.75, 3.05) is 0 Å². The molecule has 0 radical (unpaired) electrons. The molecule has 3 rings (SSSR count). The first-order valence-electron chi connectivity index (χ1n) is 9.42. The largest absolute Gasteiger partial charge is 0.271 e. The molecule has 1 aromatic heterocycles. The molecular formula is C21H26N4OS. The second-order valence-corrected chi connectivity index (χ2v) is 8.05. The molecule has 1 atom stereocenters. The highest BCUT2D eigenvalue weighted by atomic mass is 32.2. The van der Waals surface area contributed by atoms with Crippen LogP contribution < -0.4 is 5.43 Å². The van der Waals surface area contributed by atoms with Crippen molar-refractivity contribution in [2.24, 2.45) is 11.0 Å². The quantitative estimate of drug-likeness (QED) is 0.463. The second kappa shape index (κ2) is 9.13. The molecule has 1 N–H and O–H groups in total. The van der Waals surface area contributed by atoms with Crippen molar-refractivity contribution in [1.82, 2.24) is 15.4 Å². The van der Waals surface area contributed by atoms with Gasteiger partial charge in [-0.15, -0.1) is 0 Å². The topological polar surface area (TPSA) is 67.2 Å². The number of nitrogens with one attached hydrogen (secondary N) is 1. The standard InChI is InChI=1S/C21H26N4OS/c1-14-6-4-5-7-19(14)24-25-20(26)18-10-8-17(9-11-18)13-27-21-22-15(2)12-16(3)23-21/h8-12,14H,4-7,13H2,1-3H3,(H,25,26)/b24-19-/t14-/m0/s1. The lowest BCUT2D eigenvalue weighted by Gasteiger charge is -2.19. The Morgan fingerprint density at radius 3 is 2.56 bits per heavy atom. The predicted molar refractivity (Wildman–Crippen MR) is 110 cm³/mol. The zero-order valence-electron chi connectivity index (χ0n) is 16.2. The maximum Gasteiger partial charge on any atom is 0.271 e. The molecule has 6 heteroatoms. The Morgan fingerprint density at radius 1 is 1.19 bits per heavy atom. The molecular weight excluding hydrogens is 356 g/mol. The minimum atomic E-state index is -0.155. The Balaban J connectivity index is 1.56. The summed E-state index contributed by atoms with van der Waals surface area (Å²) >= 11 is 1.60. The number of aryl methyl sites for hydroxylation is 2. The van der Waals surface area contributed by atoms with Gasteiger partial charge in [0.15, 0.2) is 5.16 Å². The number of rotatable bonds is 5. The van der Waals surface area contributed by atoms with Gasteiger partial charge in [-0.3, -0.25) is 4.79 Å². The SMILES string of the molecule is Cc1cc(C)nc(SCc2ccc(C(=O)N/N=C3/CCCC[C@@H]3C)cc2)n1. The molecule has 0 spiro atoms. The zero-order valence-corrected chi connectivity index (χ0v) is 17.0. The summed E-state index contributed by atoms with van der Waals surface area (Å²) < 4.78 is 0. The fourth-order valence-electron chi connectivity index (χ4n) is 3.18. The molecule has 1 saturated carbocycles. The van der Waals surface area contributed by atoms with E-state index in [-0.39, 0.29) is 5.91 Å². The van der Waals surface area contributed by atoms with Gasteiger partial charge in [-0.2, -0.15) is 5.10 Å². The summed E-state index contributed by atoms with van der Waals surface area (Å²) in [6.45, 7) is 6.13. The van der Waals surface area contributed by atoms with E-state index in [0.717, 1.165) is 52.8 Å². The van der Waals surface area contributed by atoms with Crippen LogP contribution in [0, 0.1) is 19.8 Å². The first-order chi connectivity index (χ1) is 13.0. The molecule has 1 amide bonds. The van der Waals surface area contributed by atoms with E-state index in [1.54, 1.807) is 11.8 Å². The number of hydrogen-bond acceptors (Lipinski definition) is 5. The summed E-state index contributed by atoms with van der Waals surface area (Å²) in [5, 5.41) is 5.14. The minimum absolute atomic E-state index is 0.155. The van der Waals surface area contributed by atoms with Crippen LogP contribution in [-0.2, 0) is 5.75 Å². The lowest BCUT2D eigenvalue weighted by atomic mass is 9.89. The molecule has 1 aliphatic carbocycles. The normalized spacial score (nSPS) is 18.5. The second-order valence-electron chi connectivity index (χ2n) is 7.11. The van der Waals surface area contributed by atoms with Gasteiger partial charge in [-0.1, -0.05) is 37.2 Å². The number of thioether (sulfide) groups is 1. The van der Waals surface area contributed by atoms with Crippen molar-refractivity contribution >= 4 is 23.4 Å².